The van der Waals surface area contributed by atoms with Gasteiger partial charge in [-0.15, -0.1) is 0 Å². The average molecular weight is 410 g/mol. The summed E-state index contributed by atoms with van der Waals surface area (Å²) in [4.78, 5) is 4.82. The number of hydrogen-bond acceptors (Lipinski definition) is 1. The summed E-state index contributed by atoms with van der Waals surface area (Å²) in [6.07, 6.45) is 3.07. The second-order valence-corrected chi connectivity index (χ2v) is 10.1. The first-order chi connectivity index (χ1) is 14.6. The predicted octanol–water partition coefficient (Wildman–Crippen LogP) is 6.91. The molecule has 2 aromatic carbocycles. The number of aryl methyl sites for hydroxylation is 3. The van der Waals surface area contributed by atoms with Gasteiger partial charge in [-0.05, 0) is 67.5 Å². The molecule has 0 aliphatic heterocycles. The fourth-order valence-electron chi connectivity index (χ4n) is 4.52. The molecule has 0 aliphatic carbocycles. The van der Waals surface area contributed by atoms with Gasteiger partial charge in [-0.1, -0.05) is 50.6 Å². The predicted molar refractivity (Wildman–Crippen MR) is 131 cm³/mol. The summed E-state index contributed by atoms with van der Waals surface area (Å²) in [5, 5.41) is 1.23. The van der Waals surface area contributed by atoms with Crippen LogP contribution < -0.4 is 4.57 Å². The maximum Gasteiger partial charge on any atom is 0.213 e. The molecule has 2 nitrogen and oxygen atoms in total. The minimum atomic E-state index is 0.263. The molecule has 0 bridgehead atoms. The Bertz CT molecular complexity index is 1260. The first kappa shape index (κ1) is 21.2. The van der Waals surface area contributed by atoms with Gasteiger partial charge in [0.2, 0.25) is 11.2 Å². The van der Waals surface area contributed by atoms with E-state index in [0.717, 1.165) is 12.1 Å². The Labute approximate surface area is 186 Å². The van der Waals surface area contributed by atoms with E-state index in [9.17, 15) is 0 Å². The minimum absolute atomic E-state index is 0.263. The molecule has 2 aromatic heterocycles. The molecule has 0 amide bonds. The van der Waals surface area contributed by atoms with Crippen LogP contribution in [0, 0.1) is 26.2 Å². The van der Waals surface area contributed by atoms with Gasteiger partial charge in [-0.25, -0.2) is 0 Å². The van der Waals surface area contributed by atoms with Gasteiger partial charge >= 0.3 is 0 Å². The molecule has 0 saturated heterocycles. The van der Waals surface area contributed by atoms with E-state index >= 15 is 0 Å². The molecule has 2 heterocycles. The van der Waals surface area contributed by atoms with Gasteiger partial charge in [-0.2, -0.15) is 4.57 Å². The average Bonchev–Trinajstić information content (AvgIpc) is 2.70. The van der Waals surface area contributed by atoms with Gasteiger partial charge in [0.05, 0.1) is 11.1 Å². The number of nitrogens with zero attached hydrogens (tertiary/aromatic N) is 2. The molecule has 0 atom stereocenters. The van der Waals surface area contributed by atoms with E-state index in [-0.39, 0.29) is 5.41 Å². The summed E-state index contributed by atoms with van der Waals surface area (Å²) in [6, 6.07) is 20.0. The third-order valence-electron chi connectivity index (χ3n) is 6.14. The highest BCUT2D eigenvalue weighted by Crippen LogP contribution is 2.30. The SMILES string of the molecule is Cc1cc(C)c(C)c(-c2ccc3c(-c4ccc(CC(C)(C)C)cn4)cccc3[n+]2C)c1. The van der Waals surface area contributed by atoms with Crippen LogP contribution in [0.15, 0.2) is 60.8 Å². The normalized spacial score (nSPS) is 11.8. The Morgan fingerprint density at radius 3 is 2.32 bits per heavy atom. The molecular formula is C29H33N2+. The zero-order chi connectivity index (χ0) is 22.3. The first-order valence-corrected chi connectivity index (χ1v) is 11.1. The second-order valence-electron chi connectivity index (χ2n) is 10.1. The maximum absolute atomic E-state index is 4.82. The molecule has 0 fully saturated rings. The highest BCUT2D eigenvalue weighted by atomic mass is 14.9. The lowest BCUT2D eigenvalue weighted by atomic mass is 9.88. The summed E-state index contributed by atoms with van der Waals surface area (Å²) in [6.45, 7) is 13.4. The van der Waals surface area contributed by atoms with Crippen LogP contribution in [0.25, 0.3) is 33.4 Å². The molecule has 0 spiro atoms. The van der Waals surface area contributed by atoms with E-state index in [4.69, 9.17) is 4.98 Å². The maximum atomic E-state index is 4.82. The summed E-state index contributed by atoms with van der Waals surface area (Å²) < 4.78 is 2.31. The van der Waals surface area contributed by atoms with Crippen molar-refractivity contribution in [2.45, 2.75) is 48.0 Å². The van der Waals surface area contributed by atoms with Crippen molar-refractivity contribution in [2.24, 2.45) is 12.5 Å². The summed E-state index contributed by atoms with van der Waals surface area (Å²) in [7, 11) is 2.17. The van der Waals surface area contributed by atoms with Crippen LogP contribution in [0.4, 0.5) is 0 Å². The first-order valence-electron chi connectivity index (χ1n) is 11.1. The molecule has 0 N–H and O–H groups in total. The van der Waals surface area contributed by atoms with Crippen molar-refractivity contribution >= 4 is 10.9 Å². The van der Waals surface area contributed by atoms with Crippen LogP contribution >= 0.6 is 0 Å². The van der Waals surface area contributed by atoms with E-state index < -0.39 is 0 Å². The standard InChI is InChI=1S/C29H33N2/c1-19-15-20(2)21(3)25(16-19)28-14-12-24-23(9-8-10-27(24)31(28)7)26-13-11-22(18-30-26)17-29(4,5)6/h8-16,18H,17H2,1-7H3/q+1. The van der Waals surface area contributed by atoms with Crippen molar-refractivity contribution in [3.8, 4) is 22.5 Å². The van der Waals surface area contributed by atoms with Crippen molar-refractivity contribution in [1.29, 1.82) is 0 Å². The largest absolute Gasteiger partial charge is 0.256 e. The molecule has 0 saturated carbocycles. The van der Waals surface area contributed by atoms with Crippen LogP contribution in [0.5, 0.6) is 0 Å². The fourth-order valence-corrected chi connectivity index (χ4v) is 4.52. The number of hydrogen-bond donors (Lipinski definition) is 0. The second kappa shape index (κ2) is 7.92. The highest BCUT2D eigenvalue weighted by Gasteiger charge is 2.19. The van der Waals surface area contributed by atoms with Crippen molar-refractivity contribution in [2.75, 3.05) is 0 Å². The number of aromatic nitrogens is 2. The zero-order valence-electron chi connectivity index (χ0n) is 19.9. The third kappa shape index (κ3) is 4.25. The highest BCUT2D eigenvalue weighted by molar-refractivity contribution is 5.92. The van der Waals surface area contributed by atoms with Crippen LogP contribution in [-0.2, 0) is 13.5 Å². The van der Waals surface area contributed by atoms with Crippen molar-refractivity contribution < 1.29 is 4.57 Å². The third-order valence-corrected chi connectivity index (χ3v) is 6.14. The smallest absolute Gasteiger partial charge is 0.213 e. The Kier molecular flexibility index (Phi) is 5.43. The minimum Gasteiger partial charge on any atom is -0.256 e. The number of fused-ring (bicyclic) bond motifs is 1. The molecule has 4 rings (SSSR count). The van der Waals surface area contributed by atoms with Gasteiger partial charge < -0.3 is 0 Å². The molecule has 31 heavy (non-hydrogen) atoms. The Morgan fingerprint density at radius 1 is 0.871 bits per heavy atom. The van der Waals surface area contributed by atoms with E-state index in [1.807, 2.05) is 6.20 Å². The van der Waals surface area contributed by atoms with Crippen LogP contribution in [0.2, 0.25) is 0 Å². The van der Waals surface area contributed by atoms with Crippen LogP contribution in [0.1, 0.15) is 43.0 Å². The topological polar surface area (TPSA) is 16.8 Å². The van der Waals surface area contributed by atoms with Crippen LogP contribution in [0.3, 0.4) is 0 Å². The van der Waals surface area contributed by atoms with E-state index in [2.05, 4.69) is 108 Å². The van der Waals surface area contributed by atoms with Gasteiger partial charge in [-0.3, -0.25) is 4.98 Å². The lowest BCUT2D eigenvalue weighted by Crippen LogP contribution is -2.32. The molecule has 2 heteroatoms. The summed E-state index contributed by atoms with van der Waals surface area (Å²) in [5.74, 6) is 0. The van der Waals surface area contributed by atoms with Crippen molar-refractivity contribution in [1.82, 2.24) is 4.98 Å². The zero-order valence-corrected chi connectivity index (χ0v) is 19.9. The molecule has 0 aliphatic rings. The van der Waals surface area contributed by atoms with Crippen LogP contribution in [-0.4, -0.2) is 4.98 Å². The number of benzene rings is 2. The lowest BCUT2D eigenvalue weighted by molar-refractivity contribution is -0.633. The molecule has 0 radical (unpaired) electrons. The van der Waals surface area contributed by atoms with E-state index in [1.165, 1.54) is 50.0 Å². The quantitative estimate of drug-likeness (QED) is 0.336. The lowest BCUT2D eigenvalue weighted by Gasteiger charge is -2.18. The van der Waals surface area contributed by atoms with Crippen molar-refractivity contribution in [3.05, 3.63) is 83.0 Å². The van der Waals surface area contributed by atoms with Gasteiger partial charge in [0.25, 0.3) is 0 Å². The monoisotopic (exact) mass is 409 g/mol. The molecule has 0 unspecified atom stereocenters. The van der Waals surface area contributed by atoms with Gasteiger partial charge in [0.15, 0.2) is 0 Å². The van der Waals surface area contributed by atoms with Crippen molar-refractivity contribution in [3.63, 3.8) is 0 Å². The Morgan fingerprint density at radius 2 is 1.65 bits per heavy atom. The number of pyridine rings is 2. The van der Waals surface area contributed by atoms with E-state index in [0.29, 0.717) is 0 Å². The van der Waals surface area contributed by atoms with Gasteiger partial charge in [0.1, 0.15) is 7.05 Å². The summed E-state index contributed by atoms with van der Waals surface area (Å²) >= 11 is 0. The summed E-state index contributed by atoms with van der Waals surface area (Å²) in [5.41, 5.74) is 11.5. The number of rotatable bonds is 3. The Hall–Kier alpha value is -3.00. The van der Waals surface area contributed by atoms with Gasteiger partial charge in [0, 0.05) is 29.5 Å². The van der Waals surface area contributed by atoms with E-state index in [1.54, 1.807) is 0 Å². The molecular weight excluding hydrogens is 376 g/mol. The fraction of sp³-hybridized carbons (Fsp3) is 0.310. The molecule has 4 aromatic rings. The molecule has 158 valence electrons. The Balaban J connectivity index is 1.82.